The number of carbonyl (C=O) groups is 1. The first kappa shape index (κ1) is 15.0. The Morgan fingerprint density at radius 1 is 1.43 bits per heavy atom. The van der Waals surface area contributed by atoms with Crippen LogP contribution in [0.2, 0.25) is 0 Å². The molecule has 0 fully saturated rings. The Morgan fingerprint density at radius 2 is 2.22 bits per heavy atom. The molecule has 0 spiro atoms. The summed E-state index contributed by atoms with van der Waals surface area (Å²) in [5.74, 6) is 2.25. The lowest BCUT2D eigenvalue weighted by atomic mass is 10.2. The van der Waals surface area contributed by atoms with Gasteiger partial charge in [-0.3, -0.25) is 9.59 Å². The topological polar surface area (TPSA) is 64.0 Å². The quantitative estimate of drug-likeness (QED) is 0.737. The van der Waals surface area contributed by atoms with Crippen molar-refractivity contribution in [3.05, 3.63) is 57.0 Å². The van der Waals surface area contributed by atoms with Gasteiger partial charge in [0, 0.05) is 18.3 Å². The van der Waals surface area contributed by atoms with Gasteiger partial charge in [0.25, 0.3) is 11.5 Å². The highest BCUT2D eigenvalue weighted by atomic mass is 32.1. The number of amides is 1. The number of aromatic nitrogens is 2. The van der Waals surface area contributed by atoms with Crippen molar-refractivity contribution in [3.63, 3.8) is 0 Å². The maximum absolute atomic E-state index is 12.5. The highest BCUT2D eigenvalue weighted by molar-refractivity contribution is 7.20. The second-order valence-electron chi connectivity index (χ2n) is 5.08. The molecule has 0 aliphatic heterocycles. The molecule has 0 radical (unpaired) electrons. The molecule has 2 aromatic heterocycles. The van der Waals surface area contributed by atoms with Crippen molar-refractivity contribution >= 4 is 33.1 Å². The van der Waals surface area contributed by atoms with Crippen molar-refractivity contribution in [1.82, 2.24) is 9.55 Å². The van der Waals surface area contributed by atoms with Crippen LogP contribution >= 0.6 is 11.3 Å². The molecule has 2 heterocycles. The average Bonchev–Trinajstić information content (AvgIpc) is 2.89. The highest BCUT2D eigenvalue weighted by Gasteiger charge is 2.19. The van der Waals surface area contributed by atoms with E-state index in [1.807, 2.05) is 0 Å². The van der Waals surface area contributed by atoms with E-state index >= 15 is 0 Å². The van der Waals surface area contributed by atoms with Crippen molar-refractivity contribution in [2.24, 2.45) is 7.05 Å². The zero-order valence-corrected chi connectivity index (χ0v) is 13.4. The standard InChI is InChI=1S/C17H13N3O2S/c1-4-11-6-5-7-12(8-11)19-15(21)14-10(2)13-16(23-14)18-9-20(3)17(13)22/h1,5-9H,2-3H3,(H,19,21). The number of rotatable bonds is 2. The molecule has 0 atom stereocenters. The molecule has 23 heavy (non-hydrogen) atoms. The zero-order chi connectivity index (χ0) is 16.6. The predicted molar refractivity (Wildman–Crippen MR) is 91.9 cm³/mol. The molecule has 0 aliphatic carbocycles. The third-order valence-corrected chi connectivity index (χ3v) is 4.70. The van der Waals surface area contributed by atoms with E-state index < -0.39 is 0 Å². The van der Waals surface area contributed by atoms with Crippen LogP contribution in [0.4, 0.5) is 5.69 Å². The molecule has 5 nitrogen and oxygen atoms in total. The molecule has 0 aliphatic rings. The Kier molecular flexibility index (Phi) is 3.72. The highest BCUT2D eigenvalue weighted by Crippen LogP contribution is 2.27. The number of aryl methyl sites for hydroxylation is 2. The van der Waals surface area contributed by atoms with E-state index in [1.165, 1.54) is 22.2 Å². The van der Waals surface area contributed by atoms with Gasteiger partial charge in [-0.2, -0.15) is 0 Å². The van der Waals surface area contributed by atoms with E-state index in [0.29, 0.717) is 31.9 Å². The van der Waals surface area contributed by atoms with Crippen LogP contribution in [0.15, 0.2) is 35.4 Å². The minimum atomic E-state index is -0.276. The molecule has 0 bridgehead atoms. The molecule has 1 amide bonds. The van der Waals surface area contributed by atoms with E-state index in [-0.39, 0.29) is 11.5 Å². The number of nitrogens with one attached hydrogen (secondary N) is 1. The van der Waals surface area contributed by atoms with Crippen LogP contribution in [-0.2, 0) is 7.05 Å². The van der Waals surface area contributed by atoms with Gasteiger partial charge in [0.2, 0.25) is 0 Å². The summed E-state index contributed by atoms with van der Waals surface area (Å²) in [5, 5.41) is 3.30. The third-order valence-electron chi connectivity index (χ3n) is 3.50. The first-order chi connectivity index (χ1) is 11.0. The molecular weight excluding hydrogens is 310 g/mol. The van der Waals surface area contributed by atoms with Gasteiger partial charge in [-0.1, -0.05) is 12.0 Å². The van der Waals surface area contributed by atoms with Crippen LogP contribution in [-0.4, -0.2) is 15.5 Å². The zero-order valence-electron chi connectivity index (χ0n) is 12.6. The third kappa shape index (κ3) is 2.62. The van der Waals surface area contributed by atoms with Crippen molar-refractivity contribution in [2.75, 3.05) is 5.32 Å². The number of hydrogen-bond donors (Lipinski definition) is 1. The van der Waals surface area contributed by atoms with E-state index in [2.05, 4.69) is 16.2 Å². The summed E-state index contributed by atoms with van der Waals surface area (Å²) in [6.07, 6.45) is 6.82. The molecule has 1 aromatic carbocycles. The fraction of sp³-hybridized carbons (Fsp3) is 0.118. The monoisotopic (exact) mass is 323 g/mol. The van der Waals surface area contributed by atoms with E-state index in [0.717, 1.165) is 0 Å². The number of nitrogens with zero attached hydrogens (tertiary/aromatic N) is 2. The van der Waals surface area contributed by atoms with Crippen molar-refractivity contribution < 1.29 is 4.79 Å². The number of benzene rings is 1. The number of hydrogen-bond acceptors (Lipinski definition) is 4. The van der Waals surface area contributed by atoms with E-state index in [9.17, 15) is 9.59 Å². The Bertz CT molecular complexity index is 1020. The fourth-order valence-corrected chi connectivity index (χ4v) is 3.33. The summed E-state index contributed by atoms with van der Waals surface area (Å²) in [6.45, 7) is 1.76. The molecule has 6 heteroatoms. The van der Waals surface area contributed by atoms with Crippen LogP contribution in [0.5, 0.6) is 0 Å². The van der Waals surface area contributed by atoms with Gasteiger partial charge in [-0.25, -0.2) is 4.98 Å². The molecule has 0 saturated carbocycles. The normalized spacial score (nSPS) is 10.5. The SMILES string of the molecule is C#Cc1cccc(NC(=O)c2sc3ncn(C)c(=O)c3c2C)c1. The predicted octanol–water partition coefficient (Wildman–Crippen LogP) is 2.54. The lowest BCUT2D eigenvalue weighted by molar-refractivity contribution is 0.103. The first-order valence-electron chi connectivity index (χ1n) is 6.84. The van der Waals surface area contributed by atoms with Crippen LogP contribution in [0.25, 0.3) is 10.2 Å². The van der Waals surface area contributed by atoms with Gasteiger partial charge in [0.05, 0.1) is 16.6 Å². The Hall–Kier alpha value is -2.91. The van der Waals surface area contributed by atoms with E-state index in [4.69, 9.17) is 6.42 Å². The molecule has 0 saturated heterocycles. The van der Waals surface area contributed by atoms with Gasteiger partial charge in [0.15, 0.2) is 0 Å². The number of fused-ring (bicyclic) bond motifs is 1. The minimum absolute atomic E-state index is 0.155. The lowest BCUT2D eigenvalue weighted by Gasteiger charge is -2.04. The van der Waals surface area contributed by atoms with Crippen LogP contribution in [0.1, 0.15) is 20.8 Å². The van der Waals surface area contributed by atoms with Gasteiger partial charge in [-0.05, 0) is 30.7 Å². The van der Waals surface area contributed by atoms with Gasteiger partial charge in [0.1, 0.15) is 4.83 Å². The molecule has 1 N–H and O–H groups in total. The number of carbonyl (C=O) groups excluding carboxylic acids is 1. The first-order valence-corrected chi connectivity index (χ1v) is 7.65. The molecular formula is C17H13N3O2S. The Morgan fingerprint density at radius 3 is 2.96 bits per heavy atom. The van der Waals surface area contributed by atoms with Crippen LogP contribution in [0, 0.1) is 19.3 Å². The smallest absolute Gasteiger partial charge is 0.266 e. The van der Waals surface area contributed by atoms with Crippen LogP contribution < -0.4 is 10.9 Å². The van der Waals surface area contributed by atoms with Gasteiger partial charge < -0.3 is 9.88 Å². The fourth-order valence-electron chi connectivity index (χ4n) is 2.30. The summed E-state index contributed by atoms with van der Waals surface area (Å²) in [6, 6.07) is 7.05. The minimum Gasteiger partial charge on any atom is -0.321 e. The second-order valence-corrected chi connectivity index (χ2v) is 6.08. The van der Waals surface area contributed by atoms with Crippen molar-refractivity contribution in [1.29, 1.82) is 0 Å². The molecule has 114 valence electrons. The summed E-state index contributed by atoms with van der Waals surface area (Å²) < 4.78 is 1.40. The van der Waals surface area contributed by atoms with Gasteiger partial charge in [-0.15, -0.1) is 17.8 Å². The molecule has 0 unspecified atom stereocenters. The molecule has 3 aromatic rings. The van der Waals surface area contributed by atoms with Gasteiger partial charge >= 0.3 is 0 Å². The van der Waals surface area contributed by atoms with Crippen molar-refractivity contribution in [2.45, 2.75) is 6.92 Å². The average molecular weight is 323 g/mol. The second kappa shape index (κ2) is 5.71. The Labute approximate surface area is 136 Å². The summed E-state index contributed by atoms with van der Waals surface area (Å²) >= 11 is 1.21. The number of anilines is 1. The largest absolute Gasteiger partial charge is 0.321 e. The maximum atomic E-state index is 12.5. The summed E-state index contributed by atoms with van der Waals surface area (Å²) in [5.41, 5.74) is 1.79. The molecule has 3 rings (SSSR count). The summed E-state index contributed by atoms with van der Waals surface area (Å²) in [7, 11) is 1.64. The summed E-state index contributed by atoms with van der Waals surface area (Å²) in [4.78, 5) is 30.0. The Balaban J connectivity index is 2.01. The van der Waals surface area contributed by atoms with E-state index in [1.54, 1.807) is 38.2 Å². The van der Waals surface area contributed by atoms with Crippen LogP contribution in [0.3, 0.4) is 0 Å². The lowest BCUT2D eigenvalue weighted by Crippen LogP contribution is -2.17. The number of thiophene rings is 1. The number of terminal acetylenes is 1. The maximum Gasteiger partial charge on any atom is 0.266 e. The van der Waals surface area contributed by atoms with Crippen molar-refractivity contribution in [3.8, 4) is 12.3 Å².